The highest BCUT2D eigenvalue weighted by atomic mass is 32.2. The Kier molecular flexibility index (Phi) is 5.13. The first-order valence-electron chi connectivity index (χ1n) is 7.18. The highest BCUT2D eigenvalue weighted by Crippen LogP contribution is 2.34. The number of benzene rings is 1. The molecule has 2 rings (SSSR count). The van der Waals surface area contributed by atoms with Gasteiger partial charge in [0.15, 0.2) is 0 Å². The van der Waals surface area contributed by atoms with Crippen molar-refractivity contribution in [3.63, 3.8) is 0 Å². The van der Waals surface area contributed by atoms with Gasteiger partial charge >= 0.3 is 0 Å². The summed E-state index contributed by atoms with van der Waals surface area (Å²) in [4.78, 5) is 1.44. The molecule has 0 radical (unpaired) electrons. The molecule has 1 aliphatic carbocycles. The second-order valence-corrected chi connectivity index (χ2v) is 6.66. The standard InChI is InChI=1S/C16H25NS/c1-4-17-15-7-5-6-8-16(15)18-14-10-9-12(2)13(3)11-14/h9-11,15-17H,4-8H2,1-3H3. The van der Waals surface area contributed by atoms with Crippen LogP contribution in [0.4, 0.5) is 0 Å². The monoisotopic (exact) mass is 263 g/mol. The van der Waals surface area contributed by atoms with Crippen LogP contribution in [0.3, 0.4) is 0 Å². The van der Waals surface area contributed by atoms with Crippen molar-refractivity contribution >= 4 is 11.8 Å². The Morgan fingerprint density at radius 1 is 1.17 bits per heavy atom. The topological polar surface area (TPSA) is 12.0 Å². The minimum atomic E-state index is 0.704. The van der Waals surface area contributed by atoms with Gasteiger partial charge in [0, 0.05) is 16.2 Å². The van der Waals surface area contributed by atoms with Gasteiger partial charge in [-0.1, -0.05) is 25.8 Å². The Morgan fingerprint density at radius 2 is 1.94 bits per heavy atom. The molecule has 18 heavy (non-hydrogen) atoms. The molecule has 0 aromatic heterocycles. The van der Waals surface area contributed by atoms with Crippen LogP contribution in [0.15, 0.2) is 23.1 Å². The van der Waals surface area contributed by atoms with Crippen LogP contribution >= 0.6 is 11.8 Å². The van der Waals surface area contributed by atoms with E-state index in [4.69, 9.17) is 0 Å². The van der Waals surface area contributed by atoms with Crippen molar-refractivity contribution in [2.75, 3.05) is 6.54 Å². The molecule has 0 saturated heterocycles. The van der Waals surface area contributed by atoms with E-state index >= 15 is 0 Å². The zero-order valence-electron chi connectivity index (χ0n) is 11.8. The Hall–Kier alpha value is -0.470. The molecule has 1 aromatic rings. The zero-order chi connectivity index (χ0) is 13.0. The molecule has 0 bridgehead atoms. The van der Waals surface area contributed by atoms with E-state index in [9.17, 15) is 0 Å². The Morgan fingerprint density at radius 3 is 2.67 bits per heavy atom. The molecular weight excluding hydrogens is 238 g/mol. The normalized spacial score (nSPS) is 24.2. The van der Waals surface area contributed by atoms with Crippen molar-refractivity contribution in [3.8, 4) is 0 Å². The quantitative estimate of drug-likeness (QED) is 0.868. The third-order valence-corrected chi connectivity index (χ3v) is 5.33. The van der Waals surface area contributed by atoms with Crippen molar-refractivity contribution in [1.82, 2.24) is 5.32 Å². The van der Waals surface area contributed by atoms with Crippen LogP contribution in [-0.4, -0.2) is 17.8 Å². The molecule has 2 heteroatoms. The smallest absolute Gasteiger partial charge is 0.0248 e. The second kappa shape index (κ2) is 6.63. The molecule has 1 N–H and O–H groups in total. The fourth-order valence-corrected chi connectivity index (χ4v) is 4.12. The molecule has 2 unspecified atom stereocenters. The molecule has 1 fully saturated rings. The first-order chi connectivity index (χ1) is 8.70. The van der Waals surface area contributed by atoms with Gasteiger partial charge in [-0.2, -0.15) is 0 Å². The summed E-state index contributed by atoms with van der Waals surface area (Å²) in [6.45, 7) is 7.70. The third-order valence-electron chi connectivity index (χ3n) is 3.93. The summed E-state index contributed by atoms with van der Waals surface area (Å²) in [6.07, 6.45) is 5.48. The number of hydrogen-bond acceptors (Lipinski definition) is 2. The van der Waals surface area contributed by atoms with E-state index in [-0.39, 0.29) is 0 Å². The average Bonchev–Trinajstić information content (AvgIpc) is 2.37. The lowest BCUT2D eigenvalue weighted by Crippen LogP contribution is -2.40. The molecule has 0 spiro atoms. The minimum absolute atomic E-state index is 0.704. The Labute approximate surface area is 116 Å². The lowest BCUT2D eigenvalue weighted by atomic mass is 9.95. The lowest BCUT2D eigenvalue weighted by molar-refractivity contribution is 0.391. The van der Waals surface area contributed by atoms with Gasteiger partial charge < -0.3 is 5.32 Å². The van der Waals surface area contributed by atoms with Crippen molar-refractivity contribution in [2.24, 2.45) is 0 Å². The summed E-state index contributed by atoms with van der Waals surface area (Å²) in [5, 5.41) is 4.41. The van der Waals surface area contributed by atoms with Crippen molar-refractivity contribution in [3.05, 3.63) is 29.3 Å². The fourth-order valence-electron chi connectivity index (χ4n) is 2.70. The van der Waals surface area contributed by atoms with Gasteiger partial charge in [0.2, 0.25) is 0 Å². The molecule has 0 heterocycles. The largest absolute Gasteiger partial charge is 0.313 e. The van der Waals surface area contributed by atoms with Crippen molar-refractivity contribution in [2.45, 2.75) is 62.6 Å². The first kappa shape index (κ1) is 14.0. The van der Waals surface area contributed by atoms with Crippen LogP contribution < -0.4 is 5.32 Å². The molecule has 1 aromatic carbocycles. The third kappa shape index (κ3) is 3.52. The number of rotatable bonds is 4. The Bertz CT molecular complexity index is 387. The number of nitrogens with one attached hydrogen (secondary N) is 1. The van der Waals surface area contributed by atoms with E-state index in [1.54, 1.807) is 0 Å². The van der Waals surface area contributed by atoms with Gasteiger partial charge in [-0.05, 0) is 56.5 Å². The van der Waals surface area contributed by atoms with Gasteiger partial charge in [0.1, 0.15) is 0 Å². The summed E-state index contributed by atoms with van der Waals surface area (Å²) < 4.78 is 0. The second-order valence-electron chi connectivity index (χ2n) is 5.35. The summed E-state index contributed by atoms with van der Waals surface area (Å²) >= 11 is 2.07. The maximum absolute atomic E-state index is 3.66. The average molecular weight is 263 g/mol. The summed E-state index contributed by atoms with van der Waals surface area (Å²) in [7, 11) is 0. The van der Waals surface area contributed by atoms with E-state index in [0.717, 1.165) is 11.8 Å². The summed E-state index contributed by atoms with van der Waals surface area (Å²) in [5.41, 5.74) is 2.81. The van der Waals surface area contributed by atoms with E-state index in [1.807, 2.05) is 0 Å². The molecule has 1 nitrogen and oxygen atoms in total. The van der Waals surface area contributed by atoms with Crippen LogP contribution in [0.1, 0.15) is 43.7 Å². The Balaban J connectivity index is 2.03. The number of aryl methyl sites for hydroxylation is 2. The van der Waals surface area contributed by atoms with E-state index in [1.165, 1.54) is 41.7 Å². The van der Waals surface area contributed by atoms with Crippen LogP contribution in [0, 0.1) is 13.8 Å². The van der Waals surface area contributed by atoms with Crippen molar-refractivity contribution < 1.29 is 0 Å². The SMILES string of the molecule is CCNC1CCCCC1Sc1ccc(C)c(C)c1. The molecule has 1 saturated carbocycles. The molecule has 0 aliphatic heterocycles. The van der Waals surface area contributed by atoms with Gasteiger partial charge in [-0.15, -0.1) is 11.8 Å². The van der Waals surface area contributed by atoms with Crippen molar-refractivity contribution in [1.29, 1.82) is 0 Å². The molecule has 100 valence electrons. The van der Waals surface area contributed by atoms with Gasteiger partial charge in [-0.25, -0.2) is 0 Å². The van der Waals surface area contributed by atoms with Gasteiger partial charge in [0.25, 0.3) is 0 Å². The van der Waals surface area contributed by atoms with Gasteiger partial charge in [0.05, 0.1) is 0 Å². The van der Waals surface area contributed by atoms with Gasteiger partial charge in [-0.3, -0.25) is 0 Å². The number of thioether (sulfide) groups is 1. The highest BCUT2D eigenvalue weighted by Gasteiger charge is 2.25. The van der Waals surface area contributed by atoms with Crippen LogP contribution in [-0.2, 0) is 0 Å². The number of hydrogen-bond donors (Lipinski definition) is 1. The van der Waals surface area contributed by atoms with E-state index in [2.05, 4.69) is 56.0 Å². The van der Waals surface area contributed by atoms with E-state index in [0.29, 0.717) is 6.04 Å². The molecular formula is C16H25NS. The first-order valence-corrected chi connectivity index (χ1v) is 8.06. The summed E-state index contributed by atoms with van der Waals surface area (Å²) in [5.74, 6) is 0. The van der Waals surface area contributed by atoms with Crippen LogP contribution in [0.2, 0.25) is 0 Å². The summed E-state index contributed by atoms with van der Waals surface area (Å²) in [6, 6.07) is 7.58. The van der Waals surface area contributed by atoms with Crippen LogP contribution in [0.25, 0.3) is 0 Å². The maximum Gasteiger partial charge on any atom is 0.0248 e. The predicted molar refractivity (Wildman–Crippen MR) is 81.5 cm³/mol. The van der Waals surface area contributed by atoms with E-state index < -0.39 is 0 Å². The highest BCUT2D eigenvalue weighted by molar-refractivity contribution is 8.00. The van der Waals surface area contributed by atoms with Crippen LogP contribution in [0.5, 0.6) is 0 Å². The zero-order valence-corrected chi connectivity index (χ0v) is 12.6. The molecule has 2 atom stereocenters. The lowest BCUT2D eigenvalue weighted by Gasteiger charge is -2.31. The predicted octanol–water partition coefficient (Wildman–Crippen LogP) is 4.32. The minimum Gasteiger partial charge on any atom is -0.313 e. The fraction of sp³-hybridized carbons (Fsp3) is 0.625. The molecule has 0 amide bonds. The molecule has 1 aliphatic rings. The maximum atomic E-state index is 3.66.